The van der Waals surface area contributed by atoms with Crippen LogP contribution in [0.1, 0.15) is 19.8 Å². The minimum atomic E-state index is -0.272. The summed E-state index contributed by atoms with van der Waals surface area (Å²) in [4.78, 5) is 0. The van der Waals surface area contributed by atoms with Crippen molar-refractivity contribution < 1.29 is 4.39 Å². The topological polar surface area (TPSA) is 12.0 Å². The summed E-state index contributed by atoms with van der Waals surface area (Å²) in [5, 5.41) is 3.09. The molecule has 1 N–H and O–H groups in total. The van der Waals surface area contributed by atoms with E-state index in [0.29, 0.717) is 12.5 Å². The van der Waals surface area contributed by atoms with E-state index in [-0.39, 0.29) is 6.67 Å². The summed E-state index contributed by atoms with van der Waals surface area (Å²) in [6.45, 7) is 3.29. The van der Waals surface area contributed by atoms with Gasteiger partial charge in [-0.25, -0.2) is 4.39 Å². The third kappa shape index (κ3) is 3.73. The Morgan fingerprint density at radius 1 is 1.62 bits per heavy atom. The van der Waals surface area contributed by atoms with Crippen molar-refractivity contribution in [1.82, 2.24) is 5.32 Å². The van der Waals surface area contributed by atoms with Crippen LogP contribution in [-0.2, 0) is 0 Å². The van der Waals surface area contributed by atoms with E-state index in [9.17, 15) is 4.39 Å². The molecule has 0 saturated carbocycles. The number of hydrogen-bond acceptors (Lipinski definition) is 1. The zero-order valence-corrected chi connectivity index (χ0v) is 8.22. The van der Waals surface area contributed by atoms with Crippen LogP contribution in [0.4, 0.5) is 4.39 Å². The van der Waals surface area contributed by atoms with Crippen molar-refractivity contribution in [3.05, 3.63) is 23.8 Å². The summed E-state index contributed by atoms with van der Waals surface area (Å²) in [5.74, 6) is 0.538. The Bertz CT molecular complexity index is 196. The molecule has 0 spiro atoms. The van der Waals surface area contributed by atoms with E-state index >= 15 is 0 Å². The second-order valence-corrected chi connectivity index (χ2v) is 3.50. The average molecular weight is 183 g/mol. The Kier molecular flexibility index (Phi) is 4.76. The molecule has 0 heterocycles. The molecule has 0 radical (unpaired) electrons. The predicted octanol–water partition coefficient (Wildman–Crippen LogP) is 2.46. The number of hydrogen-bond donors (Lipinski definition) is 1. The number of rotatable bonds is 5. The SMILES string of the molecule is CC(CNCCF)C1=CC=CCC1. The van der Waals surface area contributed by atoms with Gasteiger partial charge < -0.3 is 5.32 Å². The van der Waals surface area contributed by atoms with Crippen molar-refractivity contribution in [1.29, 1.82) is 0 Å². The van der Waals surface area contributed by atoms with Crippen LogP contribution in [0.5, 0.6) is 0 Å². The summed E-state index contributed by atoms with van der Waals surface area (Å²) in [5.41, 5.74) is 1.48. The Hall–Kier alpha value is -0.630. The Balaban J connectivity index is 2.25. The molecule has 0 aliphatic heterocycles. The van der Waals surface area contributed by atoms with Gasteiger partial charge >= 0.3 is 0 Å². The lowest BCUT2D eigenvalue weighted by molar-refractivity contribution is 0.451. The first-order valence-electron chi connectivity index (χ1n) is 4.97. The molecule has 1 unspecified atom stereocenters. The van der Waals surface area contributed by atoms with E-state index in [1.54, 1.807) is 0 Å². The maximum absolute atomic E-state index is 11.8. The third-order valence-corrected chi connectivity index (χ3v) is 2.40. The molecule has 1 aliphatic carbocycles. The number of allylic oxidation sites excluding steroid dienone is 3. The van der Waals surface area contributed by atoms with Gasteiger partial charge in [0.25, 0.3) is 0 Å². The van der Waals surface area contributed by atoms with Gasteiger partial charge in [-0.15, -0.1) is 0 Å². The van der Waals surface area contributed by atoms with E-state index in [1.807, 2.05) is 0 Å². The molecule has 0 saturated heterocycles. The van der Waals surface area contributed by atoms with E-state index in [1.165, 1.54) is 5.57 Å². The lowest BCUT2D eigenvalue weighted by Crippen LogP contribution is -2.24. The number of nitrogens with one attached hydrogen (secondary N) is 1. The normalized spacial score (nSPS) is 18.5. The summed E-state index contributed by atoms with van der Waals surface area (Å²) >= 11 is 0. The minimum absolute atomic E-state index is 0.272. The fraction of sp³-hybridized carbons (Fsp3) is 0.636. The highest BCUT2D eigenvalue weighted by molar-refractivity contribution is 5.19. The molecule has 0 fully saturated rings. The second kappa shape index (κ2) is 5.92. The van der Waals surface area contributed by atoms with Gasteiger partial charge in [0.2, 0.25) is 0 Å². The summed E-state index contributed by atoms with van der Waals surface area (Å²) < 4.78 is 11.8. The molecule has 0 amide bonds. The first-order chi connectivity index (χ1) is 6.34. The molecule has 13 heavy (non-hydrogen) atoms. The standard InChI is InChI=1S/C11H18FN/c1-10(9-13-8-7-12)11-5-3-2-4-6-11/h2-3,5,10,13H,4,6-9H2,1H3. The van der Waals surface area contributed by atoms with Gasteiger partial charge in [0, 0.05) is 13.1 Å². The van der Waals surface area contributed by atoms with Gasteiger partial charge in [-0.1, -0.05) is 30.7 Å². The van der Waals surface area contributed by atoms with Crippen LogP contribution in [-0.4, -0.2) is 19.8 Å². The van der Waals surface area contributed by atoms with Crippen LogP contribution in [0.25, 0.3) is 0 Å². The van der Waals surface area contributed by atoms with Gasteiger partial charge in [0.05, 0.1) is 0 Å². The van der Waals surface area contributed by atoms with Crippen LogP contribution in [0.15, 0.2) is 23.8 Å². The highest BCUT2D eigenvalue weighted by Gasteiger charge is 2.08. The third-order valence-electron chi connectivity index (χ3n) is 2.40. The van der Waals surface area contributed by atoms with E-state index in [2.05, 4.69) is 30.5 Å². The first-order valence-corrected chi connectivity index (χ1v) is 4.97. The molecule has 1 aliphatic rings. The van der Waals surface area contributed by atoms with Crippen molar-refractivity contribution >= 4 is 0 Å². The molecular weight excluding hydrogens is 165 g/mol. The van der Waals surface area contributed by atoms with Gasteiger partial charge in [0.15, 0.2) is 0 Å². The van der Waals surface area contributed by atoms with E-state index in [4.69, 9.17) is 0 Å². The van der Waals surface area contributed by atoms with Crippen LogP contribution >= 0.6 is 0 Å². The van der Waals surface area contributed by atoms with Gasteiger partial charge in [-0.3, -0.25) is 0 Å². The molecule has 0 aromatic heterocycles. The van der Waals surface area contributed by atoms with Gasteiger partial charge in [0.1, 0.15) is 6.67 Å². The molecule has 1 rings (SSSR count). The maximum Gasteiger partial charge on any atom is 0.102 e. The van der Waals surface area contributed by atoms with Crippen LogP contribution in [0.2, 0.25) is 0 Å². The minimum Gasteiger partial charge on any atom is -0.314 e. The highest BCUT2D eigenvalue weighted by atomic mass is 19.1. The molecular formula is C11H18FN. The van der Waals surface area contributed by atoms with Crippen LogP contribution < -0.4 is 5.32 Å². The highest BCUT2D eigenvalue weighted by Crippen LogP contribution is 2.19. The fourth-order valence-corrected chi connectivity index (χ4v) is 1.55. The fourth-order valence-electron chi connectivity index (χ4n) is 1.55. The molecule has 0 aromatic rings. The first kappa shape index (κ1) is 10.5. The smallest absolute Gasteiger partial charge is 0.102 e. The van der Waals surface area contributed by atoms with Crippen molar-refractivity contribution in [2.75, 3.05) is 19.8 Å². The van der Waals surface area contributed by atoms with Gasteiger partial charge in [-0.05, 0) is 18.8 Å². The zero-order valence-electron chi connectivity index (χ0n) is 8.22. The Morgan fingerprint density at radius 2 is 2.46 bits per heavy atom. The van der Waals surface area contributed by atoms with Crippen LogP contribution in [0, 0.1) is 5.92 Å². The lowest BCUT2D eigenvalue weighted by Gasteiger charge is -2.17. The largest absolute Gasteiger partial charge is 0.314 e. The maximum atomic E-state index is 11.8. The zero-order chi connectivity index (χ0) is 9.52. The Morgan fingerprint density at radius 3 is 3.08 bits per heavy atom. The quantitative estimate of drug-likeness (QED) is 0.646. The summed E-state index contributed by atoms with van der Waals surface area (Å²) in [6.07, 6.45) is 8.80. The predicted molar refractivity (Wildman–Crippen MR) is 54.5 cm³/mol. The molecule has 1 nitrogen and oxygen atoms in total. The monoisotopic (exact) mass is 183 g/mol. The number of halogens is 1. The van der Waals surface area contributed by atoms with Crippen molar-refractivity contribution in [3.63, 3.8) is 0 Å². The summed E-state index contributed by atoms with van der Waals surface area (Å²) in [6, 6.07) is 0. The molecule has 2 heteroatoms. The summed E-state index contributed by atoms with van der Waals surface area (Å²) in [7, 11) is 0. The number of alkyl halides is 1. The van der Waals surface area contributed by atoms with Crippen molar-refractivity contribution in [2.45, 2.75) is 19.8 Å². The molecule has 0 aromatic carbocycles. The van der Waals surface area contributed by atoms with E-state index < -0.39 is 0 Å². The average Bonchev–Trinajstić information content (AvgIpc) is 2.19. The Labute approximate surface area is 79.7 Å². The van der Waals surface area contributed by atoms with Gasteiger partial charge in [-0.2, -0.15) is 0 Å². The molecule has 1 atom stereocenters. The van der Waals surface area contributed by atoms with Crippen molar-refractivity contribution in [2.24, 2.45) is 5.92 Å². The van der Waals surface area contributed by atoms with Crippen molar-refractivity contribution in [3.8, 4) is 0 Å². The second-order valence-electron chi connectivity index (χ2n) is 3.50. The van der Waals surface area contributed by atoms with Crippen LogP contribution in [0.3, 0.4) is 0 Å². The lowest BCUT2D eigenvalue weighted by atomic mass is 9.93. The molecule has 0 bridgehead atoms. The molecule has 74 valence electrons. The van der Waals surface area contributed by atoms with E-state index in [0.717, 1.165) is 19.4 Å².